The van der Waals surface area contributed by atoms with Gasteiger partial charge in [0, 0.05) is 12.3 Å². The molecule has 0 fully saturated rings. The van der Waals surface area contributed by atoms with Crippen LogP contribution in [0.4, 0.5) is 0 Å². The van der Waals surface area contributed by atoms with Crippen molar-refractivity contribution in [3.05, 3.63) is 11.2 Å². The van der Waals surface area contributed by atoms with Crippen molar-refractivity contribution >= 4 is 40.4 Å². The first-order chi connectivity index (χ1) is 5.26. The summed E-state index contributed by atoms with van der Waals surface area (Å²) in [6.45, 7) is 0. The Morgan fingerprint density at radius 3 is 2.91 bits per heavy atom. The van der Waals surface area contributed by atoms with E-state index in [1.807, 2.05) is 12.5 Å². The molecule has 0 unspecified atom stereocenters. The van der Waals surface area contributed by atoms with Gasteiger partial charge in [0.25, 0.3) is 0 Å². The van der Waals surface area contributed by atoms with Crippen LogP contribution in [0.25, 0.3) is 0 Å². The van der Waals surface area contributed by atoms with E-state index in [2.05, 4.69) is 10.5 Å². The molecule has 0 amide bonds. The van der Waals surface area contributed by atoms with Crippen molar-refractivity contribution in [3.8, 4) is 0 Å². The maximum atomic E-state index is 5.76. The standard InChI is InChI=1S/C5H8ClN3S2/c1-10-5-3-4(6)7-9(8-5)11-2/h3,7H,1-2H3. The molecule has 1 N–H and O–H groups in total. The minimum absolute atomic E-state index is 0.596. The van der Waals surface area contributed by atoms with Gasteiger partial charge in [0.1, 0.15) is 10.2 Å². The summed E-state index contributed by atoms with van der Waals surface area (Å²) in [5.41, 5.74) is 2.85. The summed E-state index contributed by atoms with van der Waals surface area (Å²) in [7, 11) is 0. The van der Waals surface area contributed by atoms with Crippen LogP contribution in [0.1, 0.15) is 0 Å². The Morgan fingerprint density at radius 1 is 1.64 bits per heavy atom. The zero-order valence-electron chi connectivity index (χ0n) is 6.17. The Balaban J connectivity index is 2.69. The Bertz CT molecular complexity index is 204. The summed E-state index contributed by atoms with van der Waals surface area (Å²) in [6, 6.07) is 0. The molecule has 62 valence electrons. The van der Waals surface area contributed by atoms with Crippen LogP contribution in [-0.2, 0) is 0 Å². The maximum absolute atomic E-state index is 5.76. The molecule has 0 spiro atoms. The van der Waals surface area contributed by atoms with Crippen LogP contribution in [0.15, 0.2) is 16.3 Å². The third-order valence-corrected chi connectivity index (χ3v) is 2.35. The predicted molar refractivity (Wildman–Crippen MR) is 53.4 cm³/mol. The molecule has 1 aliphatic heterocycles. The summed E-state index contributed by atoms with van der Waals surface area (Å²) in [4.78, 5) is 0. The fourth-order valence-corrected chi connectivity index (χ4v) is 1.67. The molecule has 0 aromatic carbocycles. The second-order valence-corrected chi connectivity index (χ2v) is 3.65. The highest BCUT2D eigenvalue weighted by Crippen LogP contribution is 2.16. The topological polar surface area (TPSA) is 27.6 Å². The molecule has 1 aliphatic rings. The number of nitrogens with zero attached hydrogens (tertiary/aromatic N) is 2. The number of hydrogen-bond donors (Lipinski definition) is 1. The highest BCUT2D eigenvalue weighted by Gasteiger charge is 2.08. The predicted octanol–water partition coefficient (Wildman–Crippen LogP) is 1.84. The van der Waals surface area contributed by atoms with Gasteiger partial charge < -0.3 is 0 Å². The molecule has 1 heterocycles. The van der Waals surface area contributed by atoms with E-state index in [-0.39, 0.29) is 0 Å². The molecule has 6 heteroatoms. The van der Waals surface area contributed by atoms with Crippen molar-refractivity contribution < 1.29 is 0 Å². The largest absolute Gasteiger partial charge is 0.261 e. The molecule has 11 heavy (non-hydrogen) atoms. The summed E-state index contributed by atoms with van der Waals surface area (Å²) >= 11 is 8.79. The van der Waals surface area contributed by atoms with Crippen molar-refractivity contribution in [3.63, 3.8) is 0 Å². The van der Waals surface area contributed by atoms with Crippen LogP contribution in [0.5, 0.6) is 0 Å². The number of nitrogens with one attached hydrogen (secondary N) is 1. The van der Waals surface area contributed by atoms with E-state index < -0.39 is 0 Å². The van der Waals surface area contributed by atoms with Gasteiger partial charge in [-0.3, -0.25) is 5.43 Å². The fraction of sp³-hybridized carbons (Fsp3) is 0.400. The number of hydrazine groups is 1. The lowest BCUT2D eigenvalue weighted by Crippen LogP contribution is -2.28. The number of hydrogen-bond acceptors (Lipinski definition) is 5. The quantitative estimate of drug-likeness (QED) is 0.527. The molecule has 0 aromatic heterocycles. The second-order valence-electron chi connectivity index (χ2n) is 1.70. The SMILES string of the molecule is CSC1=NN(SC)NC(Cl)=C1. The highest BCUT2D eigenvalue weighted by molar-refractivity contribution is 8.13. The Labute approximate surface area is 79.3 Å². The second kappa shape index (κ2) is 4.13. The highest BCUT2D eigenvalue weighted by atomic mass is 35.5. The number of hydrazone groups is 1. The van der Waals surface area contributed by atoms with Gasteiger partial charge in [-0.05, 0) is 18.2 Å². The van der Waals surface area contributed by atoms with Crippen LogP contribution in [0.2, 0.25) is 0 Å². The summed E-state index contributed by atoms with van der Waals surface area (Å²) in [5.74, 6) is 0. The molecule has 0 saturated heterocycles. The van der Waals surface area contributed by atoms with Gasteiger partial charge in [-0.2, -0.15) is 0 Å². The summed E-state index contributed by atoms with van der Waals surface area (Å²) in [6.07, 6.45) is 5.67. The molecule has 3 nitrogen and oxygen atoms in total. The third kappa shape index (κ3) is 2.50. The van der Waals surface area contributed by atoms with Gasteiger partial charge in [-0.1, -0.05) is 11.6 Å². The van der Waals surface area contributed by atoms with E-state index >= 15 is 0 Å². The summed E-state index contributed by atoms with van der Waals surface area (Å²) in [5, 5.41) is 5.67. The molecule has 0 atom stereocenters. The first kappa shape index (κ1) is 9.09. The lowest BCUT2D eigenvalue weighted by molar-refractivity contribution is 0.425. The van der Waals surface area contributed by atoms with Gasteiger partial charge in [-0.25, -0.2) is 0 Å². The average molecular weight is 210 g/mol. The smallest absolute Gasteiger partial charge is 0.125 e. The van der Waals surface area contributed by atoms with Crippen LogP contribution >= 0.6 is 35.3 Å². The van der Waals surface area contributed by atoms with E-state index in [0.29, 0.717) is 5.16 Å². The summed E-state index contributed by atoms with van der Waals surface area (Å²) < 4.78 is 1.62. The number of halogens is 1. The monoisotopic (exact) mass is 209 g/mol. The zero-order valence-corrected chi connectivity index (χ0v) is 8.56. The minimum Gasteiger partial charge on any atom is -0.261 e. The van der Waals surface area contributed by atoms with E-state index in [9.17, 15) is 0 Å². The van der Waals surface area contributed by atoms with Crippen molar-refractivity contribution in [2.24, 2.45) is 5.10 Å². The van der Waals surface area contributed by atoms with E-state index in [4.69, 9.17) is 11.6 Å². The first-order valence-electron chi connectivity index (χ1n) is 2.87. The van der Waals surface area contributed by atoms with E-state index in [0.717, 1.165) is 5.04 Å². The molecule has 1 rings (SSSR count). The van der Waals surface area contributed by atoms with Crippen LogP contribution in [0.3, 0.4) is 0 Å². The Hall–Kier alpha value is -0.000000000000000111. The number of rotatable bonds is 1. The van der Waals surface area contributed by atoms with Gasteiger partial charge in [-0.15, -0.1) is 21.4 Å². The molecule has 0 aromatic rings. The minimum atomic E-state index is 0.596. The normalized spacial score (nSPS) is 17.2. The average Bonchev–Trinajstić information content (AvgIpc) is 2.03. The maximum Gasteiger partial charge on any atom is 0.125 e. The van der Waals surface area contributed by atoms with Crippen LogP contribution < -0.4 is 5.43 Å². The van der Waals surface area contributed by atoms with Crippen molar-refractivity contribution in [2.75, 3.05) is 12.5 Å². The molecular weight excluding hydrogens is 202 g/mol. The lowest BCUT2D eigenvalue weighted by atomic mass is 10.6. The van der Waals surface area contributed by atoms with Gasteiger partial charge >= 0.3 is 0 Å². The van der Waals surface area contributed by atoms with E-state index in [1.54, 1.807) is 22.4 Å². The van der Waals surface area contributed by atoms with Gasteiger partial charge in [0.05, 0.1) is 0 Å². The van der Waals surface area contributed by atoms with E-state index in [1.165, 1.54) is 11.9 Å². The lowest BCUT2D eigenvalue weighted by Gasteiger charge is -2.20. The zero-order chi connectivity index (χ0) is 8.27. The molecule has 0 aliphatic carbocycles. The van der Waals surface area contributed by atoms with Crippen LogP contribution in [0, 0.1) is 0 Å². The number of thioether (sulfide) groups is 1. The Kier molecular flexibility index (Phi) is 3.42. The van der Waals surface area contributed by atoms with Crippen molar-refractivity contribution in [2.45, 2.75) is 0 Å². The van der Waals surface area contributed by atoms with Crippen molar-refractivity contribution in [1.29, 1.82) is 0 Å². The molecule has 0 bridgehead atoms. The molecule has 0 saturated carbocycles. The Morgan fingerprint density at radius 2 is 2.36 bits per heavy atom. The van der Waals surface area contributed by atoms with Crippen LogP contribution in [-0.4, -0.2) is 22.1 Å². The molecular formula is C5H8ClN3S2. The first-order valence-corrected chi connectivity index (χ1v) is 5.65. The fourth-order valence-electron chi connectivity index (χ4n) is 0.562. The van der Waals surface area contributed by atoms with Crippen molar-refractivity contribution in [1.82, 2.24) is 9.95 Å². The molecule has 0 radical (unpaired) electrons. The third-order valence-electron chi connectivity index (χ3n) is 1.02. The van der Waals surface area contributed by atoms with Gasteiger partial charge in [0.2, 0.25) is 0 Å². The van der Waals surface area contributed by atoms with Gasteiger partial charge in [0.15, 0.2) is 0 Å².